The van der Waals surface area contributed by atoms with Crippen LogP contribution in [0.25, 0.3) is 0 Å². The van der Waals surface area contributed by atoms with Gasteiger partial charge in [-0.05, 0) is 45.6 Å². The highest BCUT2D eigenvalue weighted by atomic mass is 15.1. The maximum absolute atomic E-state index is 4.20. The summed E-state index contributed by atoms with van der Waals surface area (Å²) in [6.07, 6.45) is 1.84. The topological polar surface area (TPSA) is 28.2 Å². The van der Waals surface area contributed by atoms with Crippen molar-refractivity contribution in [3.05, 3.63) is 23.9 Å². The minimum atomic E-state index is 0.0362. The Bertz CT molecular complexity index is 305. The Labute approximate surface area is 86.2 Å². The minimum absolute atomic E-state index is 0.0362. The second-order valence-corrected chi connectivity index (χ2v) is 4.13. The molecule has 3 nitrogen and oxygen atoms in total. The molecule has 0 aliphatic carbocycles. The van der Waals surface area contributed by atoms with Gasteiger partial charge in [0.05, 0.1) is 0 Å². The van der Waals surface area contributed by atoms with E-state index in [-0.39, 0.29) is 5.54 Å². The van der Waals surface area contributed by atoms with Crippen molar-refractivity contribution in [2.75, 3.05) is 26.5 Å². The van der Waals surface area contributed by atoms with Gasteiger partial charge in [-0.15, -0.1) is 0 Å². The van der Waals surface area contributed by atoms with Gasteiger partial charge in [-0.2, -0.15) is 0 Å². The molecule has 14 heavy (non-hydrogen) atoms. The SMILES string of the molecule is CNc1cc(C(C)(C)N(C)C)ccn1. The molecule has 3 heteroatoms. The van der Waals surface area contributed by atoms with E-state index in [0.717, 1.165) is 5.82 Å². The third kappa shape index (κ3) is 2.04. The van der Waals surface area contributed by atoms with E-state index in [1.54, 1.807) is 0 Å². The Morgan fingerprint density at radius 1 is 1.36 bits per heavy atom. The second kappa shape index (κ2) is 3.96. The van der Waals surface area contributed by atoms with Gasteiger partial charge >= 0.3 is 0 Å². The Kier molecular flexibility index (Phi) is 3.11. The molecule has 1 aromatic heterocycles. The van der Waals surface area contributed by atoms with Crippen LogP contribution in [0.5, 0.6) is 0 Å². The summed E-state index contributed by atoms with van der Waals surface area (Å²) in [6.45, 7) is 4.39. The van der Waals surface area contributed by atoms with Gasteiger partial charge in [-0.25, -0.2) is 4.98 Å². The molecule has 0 radical (unpaired) electrons. The quantitative estimate of drug-likeness (QED) is 0.795. The Hall–Kier alpha value is -1.09. The molecule has 0 bridgehead atoms. The molecule has 0 saturated heterocycles. The highest BCUT2D eigenvalue weighted by Gasteiger charge is 2.22. The molecule has 0 atom stereocenters. The minimum Gasteiger partial charge on any atom is -0.373 e. The van der Waals surface area contributed by atoms with Crippen molar-refractivity contribution in [3.63, 3.8) is 0 Å². The molecule has 0 aliphatic heterocycles. The fourth-order valence-electron chi connectivity index (χ4n) is 1.21. The van der Waals surface area contributed by atoms with Gasteiger partial charge in [-0.3, -0.25) is 0 Å². The van der Waals surface area contributed by atoms with Gasteiger partial charge in [0.1, 0.15) is 5.82 Å². The number of hydrogen-bond acceptors (Lipinski definition) is 3. The maximum atomic E-state index is 4.20. The van der Waals surface area contributed by atoms with E-state index in [1.165, 1.54) is 5.56 Å². The molecule has 0 fully saturated rings. The molecular weight excluding hydrogens is 174 g/mol. The van der Waals surface area contributed by atoms with Crippen molar-refractivity contribution in [2.45, 2.75) is 19.4 Å². The fourth-order valence-corrected chi connectivity index (χ4v) is 1.21. The van der Waals surface area contributed by atoms with E-state index < -0.39 is 0 Å². The number of pyridine rings is 1. The lowest BCUT2D eigenvalue weighted by molar-refractivity contribution is 0.197. The van der Waals surface area contributed by atoms with Gasteiger partial charge in [-0.1, -0.05) is 0 Å². The molecule has 1 heterocycles. The summed E-state index contributed by atoms with van der Waals surface area (Å²) in [6, 6.07) is 4.14. The zero-order chi connectivity index (χ0) is 10.8. The average Bonchev–Trinajstić information content (AvgIpc) is 2.17. The summed E-state index contributed by atoms with van der Waals surface area (Å²) in [5.41, 5.74) is 1.30. The predicted octanol–water partition coefficient (Wildman–Crippen LogP) is 1.92. The maximum Gasteiger partial charge on any atom is 0.125 e. The Morgan fingerprint density at radius 3 is 2.50 bits per heavy atom. The van der Waals surface area contributed by atoms with E-state index in [9.17, 15) is 0 Å². The number of nitrogens with zero attached hydrogens (tertiary/aromatic N) is 2. The van der Waals surface area contributed by atoms with Crippen molar-refractivity contribution in [1.82, 2.24) is 9.88 Å². The lowest BCUT2D eigenvalue weighted by Crippen LogP contribution is -2.35. The average molecular weight is 193 g/mol. The summed E-state index contributed by atoms with van der Waals surface area (Å²) < 4.78 is 0. The lowest BCUT2D eigenvalue weighted by atomic mass is 9.94. The first-order valence-corrected chi connectivity index (χ1v) is 4.80. The molecule has 1 aromatic rings. The van der Waals surface area contributed by atoms with E-state index in [2.05, 4.69) is 55.3 Å². The number of hydrogen-bond donors (Lipinski definition) is 1. The Morgan fingerprint density at radius 2 is 2.00 bits per heavy atom. The number of nitrogens with one attached hydrogen (secondary N) is 1. The van der Waals surface area contributed by atoms with Crippen molar-refractivity contribution in [2.24, 2.45) is 0 Å². The summed E-state index contributed by atoms with van der Waals surface area (Å²) >= 11 is 0. The van der Waals surface area contributed by atoms with Crippen LogP contribution in [0.1, 0.15) is 19.4 Å². The molecule has 0 aliphatic rings. The lowest BCUT2D eigenvalue weighted by Gasteiger charge is -2.33. The number of rotatable bonds is 3. The highest BCUT2D eigenvalue weighted by molar-refractivity contribution is 5.39. The Balaban J connectivity index is 3.06. The first-order chi connectivity index (χ1) is 6.48. The van der Waals surface area contributed by atoms with Crippen LogP contribution < -0.4 is 5.32 Å². The van der Waals surface area contributed by atoms with Crippen molar-refractivity contribution in [1.29, 1.82) is 0 Å². The van der Waals surface area contributed by atoms with Crippen LogP contribution in [0.4, 0.5) is 5.82 Å². The van der Waals surface area contributed by atoms with Gasteiger partial charge < -0.3 is 10.2 Å². The van der Waals surface area contributed by atoms with Crippen LogP contribution in [0, 0.1) is 0 Å². The van der Waals surface area contributed by atoms with Crippen molar-refractivity contribution >= 4 is 5.82 Å². The first kappa shape index (κ1) is 11.0. The molecule has 78 valence electrons. The molecule has 0 amide bonds. The summed E-state index contributed by atoms with van der Waals surface area (Å²) in [7, 11) is 6.05. The predicted molar refractivity (Wildman–Crippen MR) is 60.5 cm³/mol. The van der Waals surface area contributed by atoms with Gasteiger partial charge in [0.2, 0.25) is 0 Å². The monoisotopic (exact) mass is 193 g/mol. The van der Waals surface area contributed by atoms with Crippen LogP contribution in [-0.2, 0) is 5.54 Å². The molecule has 1 rings (SSSR count). The third-order valence-electron chi connectivity index (χ3n) is 2.84. The largest absolute Gasteiger partial charge is 0.373 e. The summed E-state index contributed by atoms with van der Waals surface area (Å²) in [5.74, 6) is 0.914. The molecule has 0 spiro atoms. The van der Waals surface area contributed by atoms with Gasteiger partial charge in [0.25, 0.3) is 0 Å². The van der Waals surface area contributed by atoms with Crippen LogP contribution in [0.3, 0.4) is 0 Å². The van der Waals surface area contributed by atoms with Crippen LogP contribution in [0.2, 0.25) is 0 Å². The highest BCUT2D eigenvalue weighted by Crippen LogP contribution is 2.25. The van der Waals surface area contributed by atoms with Gasteiger partial charge in [0.15, 0.2) is 0 Å². The molecule has 1 N–H and O–H groups in total. The van der Waals surface area contributed by atoms with E-state index in [4.69, 9.17) is 0 Å². The molecule has 0 aromatic carbocycles. The van der Waals surface area contributed by atoms with E-state index in [1.807, 2.05) is 13.2 Å². The molecule has 0 unspecified atom stereocenters. The normalized spacial score (nSPS) is 11.9. The molecular formula is C11H19N3. The summed E-state index contributed by atoms with van der Waals surface area (Å²) in [4.78, 5) is 6.40. The first-order valence-electron chi connectivity index (χ1n) is 4.80. The standard InChI is InChI=1S/C11H19N3/c1-11(2,14(4)5)9-6-7-13-10(8-9)12-3/h6-8H,1-5H3,(H,12,13). The zero-order valence-corrected chi connectivity index (χ0v) is 9.63. The van der Waals surface area contributed by atoms with Crippen molar-refractivity contribution < 1.29 is 0 Å². The van der Waals surface area contributed by atoms with E-state index >= 15 is 0 Å². The number of aromatic nitrogens is 1. The third-order valence-corrected chi connectivity index (χ3v) is 2.84. The van der Waals surface area contributed by atoms with Crippen LogP contribution >= 0.6 is 0 Å². The smallest absolute Gasteiger partial charge is 0.125 e. The zero-order valence-electron chi connectivity index (χ0n) is 9.63. The number of anilines is 1. The molecule has 0 saturated carbocycles. The van der Waals surface area contributed by atoms with Crippen molar-refractivity contribution in [3.8, 4) is 0 Å². The van der Waals surface area contributed by atoms with Crippen LogP contribution in [0.15, 0.2) is 18.3 Å². The van der Waals surface area contributed by atoms with E-state index in [0.29, 0.717) is 0 Å². The van der Waals surface area contributed by atoms with Gasteiger partial charge in [0, 0.05) is 18.8 Å². The second-order valence-electron chi connectivity index (χ2n) is 4.13. The summed E-state index contributed by atoms with van der Waals surface area (Å²) in [5, 5.41) is 3.05. The fraction of sp³-hybridized carbons (Fsp3) is 0.545. The van der Waals surface area contributed by atoms with Crippen LogP contribution in [-0.4, -0.2) is 31.0 Å².